The third kappa shape index (κ3) is 3.83. The van der Waals surface area contributed by atoms with Gasteiger partial charge in [0.25, 0.3) is 0 Å². The Morgan fingerprint density at radius 1 is 1.13 bits per heavy atom. The molecular formula is C23H31N3O4. The third-order valence-corrected chi connectivity index (χ3v) is 6.46. The van der Waals surface area contributed by atoms with Crippen LogP contribution in [0.2, 0.25) is 0 Å². The number of nitrogens with zero attached hydrogens (tertiary/aromatic N) is 2. The summed E-state index contributed by atoms with van der Waals surface area (Å²) in [5.74, 6) is -0.667. The normalized spacial score (nSPS) is 31.9. The number of fused-ring (bicyclic) bond motifs is 1. The highest BCUT2D eigenvalue weighted by Crippen LogP contribution is 2.48. The van der Waals surface area contributed by atoms with E-state index in [2.05, 4.69) is 42.5 Å². The van der Waals surface area contributed by atoms with E-state index in [1.54, 1.807) is 6.21 Å². The molecule has 162 valence electrons. The molecule has 2 aliphatic heterocycles. The Kier molecular flexibility index (Phi) is 5.82. The second kappa shape index (κ2) is 8.38. The molecule has 7 heteroatoms. The first-order valence-electron chi connectivity index (χ1n) is 10.9. The van der Waals surface area contributed by atoms with Crippen LogP contribution < -0.4 is 5.32 Å². The average Bonchev–Trinajstić information content (AvgIpc) is 3.40. The predicted octanol–water partition coefficient (Wildman–Crippen LogP) is 2.71. The van der Waals surface area contributed by atoms with Gasteiger partial charge in [-0.3, -0.25) is 19.9 Å². The largest absolute Gasteiger partial charge is 0.466 e. The lowest BCUT2D eigenvalue weighted by atomic mass is 9.88. The van der Waals surface area contributed by atoms with E-state index in [1.807, 2.05) is 18.9 Å². The van der Waals surface area contributed by atoms with Crippen molar-refractivity contribution in [2.75, 3.05) is 13.2 Å². The van der Waals surface area contributed by atoms with Crippen LogP contribution >= 0.6 is 0 Å². The zero-order valence-electron chi connectivity index (χ0n) is 18.1. The second-order valence-corrected chi connectivity index (χ2v) is 8.51. The molecule has 1 aromatic carbocycles. The number of ether oxygens (including phenoxy) is 2. The van der Waals surface area contributed by atoms with E-state index >= 15 is 0 Å². The molecule has 0 aromatic heterocycles. The number of carbonyl (C=O) groups excluding carboxylic acids is 2. The Balaban J connectivity index is 1.60. The fraction of sp³-hybridized carbons (Fsp3) is 0.609. The Morgan fingerprint density at radius 3 is 2.57 bits per heavy atom. The molecule has 0 spiro atoms. The van der Waals surface area contributed by atoms with Gasteiger partial charge < -0.3 is 9.47 Å². The number of hydrazone groups is 1. The fourth-order valence-corrected chi connectivity index (χ4v) is 4.93. The van der Waals surface area contributed by atoms with Crippen molar-refractivity contribution in [3.63, 3.8) is 0 Å². The van der Waals surface area contributed by atoms with Crippen LogP contribution in [0.15, 0.2) is 23.3 Å². The van der Waals surface area contributed by atoms with Crippen LogP contribution in [0.3, 0.4) is 0 Å². The van der Waals surface area contributed by atoms with Gasteiger partial charge in [-0.05, 0) is 57.6 Å². The molecular weight excluding hydrogens is 382 g/mol. The minimum Gasteiger partial charge on any atom is -0.466 e. The van der Waals surface area contributed by atoms with Gasteiger partial charge >= 0.3 is 11.9 Å². The molecule has 1 aliphatic carbocycles. The van der Waals surface area contributed by atoms with Crippen LogP contribution in [-0.2, 0) is 19.1 Å². The van der Waals surface area contributed by atoms with Crippen LogP contribution in [-0.4, -0.2) is 48.6 Å². The van der Waals surface area contributed by atoms with Gasteiger partial charge in [0.2, 0.25) is 0 Å². The summed E-state index contributed by atoms with van der Waals surface area (Å²) < 4.78 is 10.5. The van der Waals surface area contributed by atoms with E-state index in [0.29, 0.717) is 13.2 Å². The lowest BCUT2D eigenvalue weighted by Crippen LogP contribution is -2.58. The predicted molar refractivity (Wildman–Crippen MR) is 113 cm³/mol. The number of benzene rings is 1. The quantitative estimate of drug-likeness (QED) is 0.723. The maximum Gasteiger partial charge on any atom is 0.318 e. The fourth-order valence-electron chi connectivity index (χ4n) is 4.93. The van der Waals surface area contributed by atoms with Crippen LogP contribution in [0.1, 0.15) is 49.4 Å². The van der Waals surface area contributed by atoms with Gasteiger partial charge in [0.15, 0.2) is 0 Å². The molecule has 1 N–H and O–H groups in total. The summed E-state index contributed by atoms with van der Waals surface area (Å²) in [4.78, 5) is 24.8. The van der Waals surface area contributed by atoms with E-state index in [0.717, 1.165) is 12.8 Å². The molecule has 6 atom stereocenters. The highest BCUT2D eigenvalue weighted by molar-refractivity contribution is 5.91. The summed E-state index contributed by atoms with van der Waals surface area (Å²) in [6.45, 7) is 8.60. The van der Waals surface area contributed by atoms with E-state index in [9.17, 15) is 9.59 Å². The van der Waals surface area contributed by atoms with E-state index in [-0.39, 0.29) is 42.0 Å². The standard InChI is InChI=1S/C23H31N3O4/c1-5-29-22(27)17-10-16(17)19-11-20(15-8-7-13(3)9-14(15)4)26-21(25-19)18(12-24-26)23(28)30-6-2/h7-9,12,16-21,25H,5-6,10-11H2,1-4H3. The SMILES string of the molecule is CCOC(=O)C1C=NN2C(c3ccc(C)cc3C)CC(C3CC3C(=O)OCC)NC12. The second-order valence-electron chi connectivity index (χ2n) is 8.51. The summed E-state index contributed by atoms with van der Waals surface area (Å²) in [6.07, 6.45) is 3.09. The van der Waals surface area contributed by atoms with Crippen molar-refractivity contribution in [1.29, 1.82) is 0 Å². The van der Waals surface area contributed by atoms with Crippen molar-refractivity contribution in [3.8, 4) is 0 Å². The van der Waals surface area contributed by atoms with Gasteiger partial charge in [0.1, 0.15) is 12.1 Å². The van der Waals surface area contributed by atoms with Crippen molar-refractivity contribution in [2.45, 2.75) is 58.8 Å². The van der Waals surface area contributed by atoms with E-state index in [4.69, 9.17) is 9.47 Å². The number of hydrogen-bond acceptors (Lipinski definition) is 7. The maximum atomic E-state index is 12.6. The van der Waals surface area contributed by atoms with E-state index < -0.39 is 5.92 Å². The monoisotopic (exact) mass is 413 g/mol. The number of aryl methyl sites for hydroxylation is 2. The van der Waals surface area contributed by atoms with Gasteiger partial charge in [-0.1, -0.05) is 23.8 Å². The van der Waals surface area contributed by atoms with Gasteiger partial charge in [-0.15, -0.1) is 0 Å². The van der Waals surface area contributed by atoms with Crippen molar-refractivity contribution in [3.05, 3.63) is 34.9 Å². The van der Waals surface area contributed by atoms with Crippen LogP contribution in [0.5, 0.6) is 0 Å². The molecule has 3 aliphatic rings. The Morgan fingerprint density at radius 2 is 1.87 bits per heavy atom. The topological polar surface area (TPSA) is 80.2 Å². The van der Waals surface area contributed by atoms with Gasteiger partial charge in [0.05, 0.1) is 25.2 Å². The van der Waals surface area contributed by atoms with Crippen LogP contribution in [0.4, 0.5) is 0 Å². The van der Waals surface area contributed by atoms with Crippen molar-refractivity contribution in [2.24, 2.45) is 22.9 Å². The first-order valence-corrected chi connectivity index (χ1v) is 10.9. The molecule has 4 rings (SSSR count). The molecule has 1 aromatic rings. The first kappa shape index (κ1) is 20.8. The van der Waals surface area contributed by atoms with Gasteiger partial charge in [-0.2, -0.15) is 5.10 Å². The molecule has 2 fully saturated rings. The minimum atomic E-state index is -0.458. The summed E-state index contributed by atoms with van der Waals surface area (Å²) in [7, 11) is 0. The Bertz CT molecular complexity index is 855. The maximum absolute atomic E-state index is 12.6. The van der Waals surface area contributed by atoms with Crippen LogP contribution in [0.25, 0.3) is 0 Å². The zero-order valence-corrected chi connectivity index (χ0v) is 18.1. The lowest BCUT2D eigenvalue weighted by molar-refractivity contribution is -0.149. The summed E-state index contributed by atoms with van der Waals surface area (Å²) in [5, 5.41) is 10.2. The average molecular weight is 414 g/mol. The van der Waals surface area contributed by atoms with Gasteiger partial charge in [0, 0.05) is 12.3 Å². The summed E-state index contributed by atoms with van der Waals surface area (Å²) in [6, 6.07) is 6.63. The Labute approximate surface area is 177 Å². The molecule has 1 saturated carbocycles. The zero-order chi connectivity index (χ0) is 21.4. The molecule has 0 radical (unpaired) electrons. The molecule has 7 nitrogen and oxygen atoms in total. The van der Waals surface area contributed by atoms with Crippen molar-refractivity contribution < 1.29 is 19.1 Å². The third-order valence-electron chi connectivity index (χ3n) is 6.46. The summed E-state index contributed by atoms with van der Waals surface area (Å²) >= 11 is 0. The number of hydrogen-bond donors (Lipinski definition) is 1. The van der Waals surface area contributed by atoms with Crippen molar-refractivity contribution >= 4 is 18.2 Å². The number of esters is 2. The molecule has 0 bridgehead atoms. The smallest absolute Gasteiger partial charge is 0.318 e. The molecule has 6 unspecified atom stereocenters. The highest BCUT2D eigenvalue weighted by atomic mass is 16.5. The Hall–Kier alpha value is -2.41. The minimum absolute atomic E-state index is 0.0426. The first-order chi connectivity index (χ1) is 14.4. The number of carbonyl (C=O) groups is 2. The summed E-state index contributed by atoms with van der Waals surface area (Å²) in [5.41, 5.74) is 3.65. The molecule has 0 amide bonds. The highest BCUT2D eigenvalue weighted by Gasteiger charge is 2.54. The molecule has 30 heavy (non-hydrogen) atoms. The van der Waals surface area contributed by atoms with Crippen LogP contribution in [0, 0.1) is 31.6 Å². The number of rotatable bonds is 6. The molecule has 2 heterocycles. The lowest BCUT2D eigenvalue weighted by Gasteiger charge is -2.44. The van der Waals surface area contributed by atoms with Gasteiger partial charge in [-0.25, -0.2) is 0 Å². The van der Waals surface area contributed by atoms with Crippen molar-refractivity contribution in [1.82, 2.24) is 10.3 Å². The number of nitrogens with one attached hydrogen (secondary N) is 1. The van der Waals surface area contributed by atoms with E-state index in [1.165, 1.54) is 16.7 Å². The molecule has 1 saturated heterocycles.